The minimum atomic E-state index is -0.599. The molecule has 2 heterocycles. The number of H-pyrrole nitrogens is 1. The van der Waals surface area contributed by atoms with Crippen LogP contribution >= 0.6 is 0 Å². The molecule has 0 radical (unpaired) electrons. The van der Waals surface area contributed by atoms with Crippen molar-refractivity contribution in [2.45, 2.75) is 104 Å². The molecule has 54 heavy (non-hydrogen) atoms. The molecule has 1 aliphatic carbocycles. The van der Waals surface area contributed by atoms with E-state index in [1.165, 1.54) is 58.1 Å². The Balaban J connectivity index is 0.000000663. The Hall–Kier alpha value is -4.16. The lowest BCUT2D eigenvalue weighted by Gasteiger charge is -2.35. The van der Waals surface area contributed by atoms with Crippen molar-refractivity contribution in [2.75, 3.05) is 52.9 Å². The molecular weight excluding hydrogens is 686 g/mol. The van der Waals surface area contributed by atoms with E-state index in [1.54, 1.807) is 34.1 Å². The molecular formula is C42H66FN7O4. The van der Waals surface area contributed by atoms with Crippen molar-refractivity contribution in [3.05, 3.63) is 75.5 Å². The summed E-state index contributed by atoms with van der Waals surface area (Å²) >= 11 is 0. The summed E-state index contributed by atoms with van der Waals surface area (Å²) in [5.74, 6) is 0.0729. The Labute approximate surface area is 322 Å². The van der Waals surface area contributed by atoms with Gasteiger partial charge in [-0.25, -0.2) is 9.49 Å². The van der Waals surface area contributed by atoms with Crippen LogP contribution in [0.1, 0.15) is 119 Å². The monoisotopic (exact) mass is 752 g/mol. The smallest absolute Gasteiger partial charge is 0.272 e. The molecule has 5 rings (SSSR count). The second-order valence-corrected chi connectivity index (χ2v) is 13.8. The van der Waals surface area contributed by atoms with Gasteiger partial charge in [0.15, 0.2) is 0 Å². The van der Waals surface area contributed by atoms with Gasteiger partial charge in [0.05, 0.1) is 23.2 Å². The maximum atomic E-state index is 14.7. The van der Waals surface area contributed by atoms with E-state index >= 15 is 0 Å². The number of nitrogens with one attached hydrogen (secondary N) is 3. The molecule has 0 atom stereocenters. The molecule has 0 unspecified atom stereocenters. The Morgan fingerprint density at radius 2 is 1.50 bits per heavy atom. The third-order valence-electron chi connectivity index (χ3n) is 9.66. The standard InChI is InChI=1S/C30H37FN6O4.C8H16.C3H8.CH5N/c31-26-11-10-22(19-27-23-8-4-5-9-24(23)29(40)35-34-27)18-25(26)30(41)37-16-14-36(15-17-37)28(39)20-32-12-6-2-1-3-7-13-33-21-38;1-2-8-6-4-3-5-7-8;1-3-2;1-2/h4-5,8-11,18,21,32H,1-3,6-7,12-17,19-20H2,(H,33,38)(H,35,40);8H,2-7H2,1H3;3H2,1-2H3;2H2,1H3. The number of aromatic amines is 1. The van der Waals surface area contributed by atoms with E-state index in [0.29, 0.717) is 61.2 Å². The largest absolute Gasteiger partial charge is 0.359 e. The first kappa shape index (κ1) is 46.0. The molecule has 3 aromatic rings. The van der Waals surface area contributed by atoms with E-state index in [0.717, 1.165) is 51.0 Å². The van der Waals surface area contributed by atoms with Crippen LogP contribution < -0.4 is 21.9 Å². The highest BCUT2D eigenvalue weighted by molar-refractivity contribution is 5.95. The Morgan fingerprint density at radius 3 is 2.13 bits per heavy atom. The third kappa shape index (κ3) is 16.1. The van der Waals surface area contributed by atoms with E-state index in [-0.39, 0.29) is 23.6 Å². The number of amides is 3. The van der Waals surface area contributed by atoms with Crippen LogP contribution in [0, 0.1) is 11.7 Å². The molecule has 1 saturated heterocycles. The molecule has 11 nitrogen and oxygen atoms in total. The van der Waals surface area contributed by atoms with Crippen LogP contribution in [0.25, 0.3) is 10.8 Å². The van der Waals surface area contributed by atoms with Gasteiger partial charge >= 0.3 is 0 Å². The fourth-order valence-electron chi connectivity index (χ4n) is 6.64. The van der Waals surface area contributed by atoms with Crippen LogP contribution in [-0.2, 0) is 16.0 Å². The summed E-state index contributed by atoms with van der Waals surface area (Å²) in [4.78, 5) is 51.4. The van der Waals surface area contributed by atoms with Crippen molar-refractivity contribution in [1.82, 2.24) is 30.6 Å². The highest BCUT2D eigenvalue weighted by atomic mass is 19.1. The SMILES string of the molecule is CCC.CCC1CCCCC1.CN.O=CNCCCCCCCNCC(=O)N1CCN(C(=O)c2cc(Cc3n[nH]c(=O)c4ccccc34)ccc2F)CC1. The quantitative estimate of drug-likeness (QED) is 0.107. The molecule has 1 aromatic heterocycles. The number of benzene rings is 2. The highest BCUT2D eigenvalue weighted by Gasteiger charge is 2.26. The molecule has 2 fully saturated rings. The summed E-state index contributed by atoms with van der Waals surface area (Å²) in [5, 5.41) is 13.8. The zero-order valence-electron chi connectivity index (χ0n) is 33.3. The second kappa shape index (κ2) is 27.4. The molecule has 2 aromatic carbocycles. The van der Waals surface area contributed by atoms with Gasteiger partial charge in [-0.1, -0.05) is 109 Å². The van der Waals surface area contributed by atoms with Crippen molar-refractivity contribution in [3.8, 4) is 0 Å². The van der Waals surface area contributed by atoms with Crippen LogP contribution in [-0.4, -0.2) is 91.1 Å². The summed E-state index contributed by atoms with van der Waals surface area (Å²) in [7, 11) is 1.50. The van der Waals surface area contributed by atoms with E-state index in [2.05, 4.69) is 47.3 Å². The lowest BCUT2D eigenvalue weighted by molar-refractivity contribution is -0.131. The van der Waals surface area contributed by atoms with Gasteiger partial charge in [-0.15, -0.1) is 0 Å². The first-order valence-electron chi connectivity index (χ1n) is 20.1. The number of aromatic nitrogens is 2. The number of piperazine rings is 1. The van der Waals surface area contributed by atoms with Gasteiger partial charge in [-0.2, -0.15) is 5.10 Å². The maximum absolute atomic E-state index is 14.7. The number of nitrogens with two attached hydrogens (primary N) is 1. The summed E-state index contributed by atoms with van der Waals surface area (Å²) in [5.41, 5.74) is 5.54. The number of nitrogens with zero attached hydrogens (tertiary/aromatic N) is 3. The minimum absolute atomic E-state index is 0.00848. The Kier molecular flexibility index (Phi) is 23.4. The fourth-order valence-corrected chi connectivity index (χ4v) is 6.64. The van der Waals surface area contributed by atoms with Gasteiger partial charge < -0.3 is 26.2 Å². The van der Waals surface area contributed by atoms with E-state index in [4.69, 9.17) is 0 Å². The van der Waals surface area contributed by atoms with E-state index in [1.807, 2.05) is 12.1 Å². The average molecular weight is 752 g/mol. The number of carbonyl (C=O) groups is 3. The zero-order valence-corrected chi connectivity index (χ0v) is 33.3. The maximum Gasteiger partial charge on any atom is 0.272 e. The minimum Gasteiger partial charge on any atom is -0.359 e. The number of carbonyl (C=O) groups excluding carboxylic acids is 3. The predicted octanol–water partition coefficient (Wildman–Crippen LogP) is 6.19. The fraction of sp³-hybridized carbons (Fsp3) is 0.595. The van der Waals surface area contributed by atoms with Crippen LogP contribution in [0.4, 0.5) is 4.39 Å². The van der Waals surface area contributed by atoms with Crippen LogP contribution in [0.3, 0.4) is 0 Å². The second-order valence-electron chi connectivity index (χ2n) is 13.8. The number of hydrogen-bond acceptors (Lipinski definition) is 7. The Bertz CT molecular complexity index is 1570. The number of hydrogen-bond donors (Lipinski definition) is 4. The van der Waals surface area contributed by atoms with Crippen LogP contribution in [0.5, 0.6) is 0 Å². The summed E-state index contributed by atoms with van der Waals surface area (Å²) in [6, 6.07) is 11.6. The van der Waals surface area contributed by atoms with Crippen LogP contribution in [0.15, 0.2) is 47.3 Å². The van der Waals surface area contributed by atoms with Gasteiger partial charge in [0.25, 0.3) is 11.5 Å². The molecule has 12 heteroatoms. The molecule has 3 amide bonds. The topological polar surface area (TPSA) is 154 Å². The molecule has 1 aliphatic heterocycles. The Morgan fingerprint density at radius 1 is 0.889 bits per heavy atom. The molecule has 5 N–H and O–H groups in total. The summed E-state index contributed by atoms with van der Waals surface area (Å²) in [6.45, 7) is 9.75. The lowest BCUT2D eigenvalue weighted by Crippen LogP contribution is -2.52. The zero-order chi connectivity index (χ0) is 39.6. The molecule has 0 spiro atoms. The van der Waals surface area contributed by atoms with E-state index < -0.39 is 11.7 Å². The van der Waals surface area contributed by atoms with Gasteiger partial charge in [0.2, 0.25) is 12.3 Å². The molecule has 0 bridgehead atoms. The molecule has 2 aliphatic rings. The summed E-state index contributed by atoms with van der Waals surface area (Å²) in [6.07, 6.45) is 16.4. The first-order chi connectivity index (χ1) is 26.3. The first-order valence-corrected chi connectivity index (χ1v) is 20.1. The number of rotatable bonds is 15. The van der Waals surface area contributed by atoms with Crippen molar-refractivity contribution in [1.29, 1.82) is 0 Å². The number of unbranched alkanes of at least 4 members (excludes halogenated alkanes) is 4. The number of halogens is 1. The highest BCUT2D eigenvalue weighted by Crippen LogP contribution is 2.25. The van der Waals surface area contributed by atoms with Gasteiger partial charge in [0, 0.05) is 44.5 Å². The third-order valence-corrected chi connectivity index (χ3v) is 9.66. The van der Waals surface area contributed by atoms with Crippen molar-refractivity contribution in [2.24, 2.45) is 11.7 Å². The number of fused-ring (bicyclic) bond motifs is 1. The summed E-state index contributed by atoms with van der Waals surface area (Å²) < 4.78 is 14.7. The average Bonchev–Trinajstić information content (AvgIpc) is 3.21. The van der Waals surface area contributed by atoms with Gasteiger partial charge in [-0.05, 0) is 56.1 Å². The van der Waals surface area contributed by atoms with Gasteiger partial charge in [0.1, 0.15) is 5.82 Å². The van der Waals surface area contributed by atoms with Crippen LogP contribution in [0.2, 0.25) is 0 Å². The normalized spacial score (nSPS) is 14.1. The van der Waals surface area contributed by atoms with Crippen molar-refractivity contribution < 1.29 is 18.8 Å². The van der Waals surface area contributed by atoms with Gasteiger partial charge in [-0.3, -0.25) is 19.2 Å². The van der Waals surface area contributed by atoms with Crippen molar-refractivity contribution >= 4 is 29.0 Å². The lowest BCUT2D eigenvalue weighted by atomic mass is 9.88. The molecule has 1 saturated carbocycles. The van der Waals surface area contributed by atoms with Crippen molar-refractivity contribution in [3.63, 3.8) is 0 Å². The predicted molar refractivity (Wildman–Crippen MR) is 217 cm³/mol. The molecule has 300 valence electrons. The van der Waals surface area contributed by atoms with E-state index in [9.17, 15) is 23.6 Å².